The van der Waals surface area contributed by atoms with Crippen LogP contribution < -0.4 is 91.2 Å². The summed E-state index contributed by atoms with van der Waals surface area (Å²) in [6, 6.07) is 2.82. The summed E-state index contributed by atoms with van der Waals surface area (Å²) in [7, 11) is 0. The number of nitrogens with zero attached hydrogens (tertiary/aromatic N) is 4. The van der Waals surface area contributed by atoms with Gasteiger partial charge >= 0.3 is 29.8 Å². The molecule has 3 heterocycles. The zero-order chi connectivity index (χ0) is 88.9. The van der Waals surface area contributed by atoms with E-state index in [-0.39, 0.29) is 168 Å². The number of hydrogen-bond acceptors (Lipinski definition) is 24. The Morgan fingerprint density at radius 3 is 1.04 bits per heavy atom. The first-order valence-electron chi connectivity index (χ1n) is 39.6. The number of carboxylic acids is 5. The molecule has 2 aromatic rings. The van der Waals surface area contributed by atoms with Crippen LogP contribution in [-0.4, -0.2) is 336 Å². The van der Waals surface area contributed by atoms with Crippen LogP contribution in [0.15, 0.2) is 60.7 Å². The summed E-state index contributed by atoms with van der Waals surface area (Å²) in [6.45, 7) is -3.24. The number of carbonyl (C=O) groups is 18. The number of amides is 13. The van der Waals surface area contributed by atoms with Crippen molar-refractivity contribution in [2.75, 3.05) is 118 Å². The van der Waals surface area contributed by atoms with E-state index in [0.29, 0.717) is 11.1 Å². The van der Waals surface area contributed by atoms with E-state index in [0.717, 1.165) is 0 Å². The topological polar surface area (TPSA) is 702 Å². The van der Waals surface area contributed by atoms with Gasteiger partial charge in [0.15, 0.2) is 11.9 Å². The largest absolute Gasteiger partial charge is 0.481 e. The second-order valence-electron chi connectivity index (χ2n) is 29.2. The third-order valence-corrected chi connectivity index (χ3v) is 19.4. The van der Waals surface area contributed by atoms with Gasteiger partial charge in [-0.25, -0.2) is 0 Å². The van der Waals surface area contributed by atoms with Crippen molar-refractivity contribution in [1.29, 1.82) is 10.8 Å². The van der Waals surface area contributed by atoms with Crippen molar-refractivity contribution in [3.63, 3.8) is 0 Å². The fraction of sp³-hybridized carbons (Fsp3) is 0.573. The van der Waals surface area contributed by atoms with Crippen LogP contribution in [0, 0.1) is 10.8 Å². The van der Waals surface area contributed by atoms with Crippen LogP contribution in [0.2, 0.25) is 0 Å². The lowest BCUT2D eigenvalue weighted by atomic mass is 10.0. The predicted molar refractivity (Wildman–Crippen MR) is 428 cm³/mol. The lowest BCUT2D eigenvalue weighted by Crippen LogP contribution is -2.58. The van der Waals surface area contributed by atoms with E-state index in [1.165, 1.54) is 9.80 Å². The Kier molecular flexibility index (Phi) is 43.3. The van der Waals surface area contributed by atoms with Crippen LogP contribution in [-0.2, 0) is 99.1 Å². The molecule has 13 amide bonds. The summed E-state index contributed by atoms with van der Waals surface area (Å²) < 4.78 is 0. The van der Waals surface area contributed by atoms with Crippen molar-refractivity contribution < 1.29 is 112 Å². The van der Waals surface area contributed by atoms with Crippen LogP contribution in [0.1, 0.15) is 101 Å². The van der Waals surface area contributed by atoms with Gasteiger partial charge in [0.2, 0.25) is 76.8 Å². The second-order valence-corrected chi connectivity index (χ2v) is 29.2. The molecule has 0 bridgehead atoms. The van der Waals surface area contributed by atoms with Crippen molar-refractivity contribution in [3.05, 3.63) is 71.8 Å². The highest BCUT2D eigenvalue weighted by Gasteiger charge is 2.37. The number of carbonyl (C=O) groups excluding carboxylic acids is 13. The maximum absolute atomic E-state index is 14.5. The molecule has 0 spiro atoms. The highest BCUT2D eigenvalue weighted by molar-refractivity contribution is 6.00. The predicted octanol–water partition coefficient (Wildman–Crippen LogP) is -8.60. The molecule has 46 nitrogen and oxygen atoms in total. The van der Waals surface area contributed by atoms with E-state index < -0.39 is 226 Å². The van der Waals surface area contributed by atoms with E-state index >= 15 is 0 Å². The van der Waals surface area contributed by atoms with Crippen molar-refractivity contribution in [3.8, 4) is 0 Å². The van der Waals surface area contributed by atoms with Crippen LogP contribution in [0.4, 0.5) is 0 Å². The van der Waals surface area contributed by atoms with Gasteiger partial charge in [0.25, 0.3) is 0 Å². The normalized spacial score (nSPS) is 21.3. The van der Waals surface area contributed by atoms with Crippen molar-refractivity contribution in [2.45, 2.75) is 157 Å². The molecule has 3 saturated heterocycles. The Morgan fingerprint density at radius 2 is 0.686 bits per heavy atom. The number of nitrogens with one attached hydrogen (secondary N) is 17. The van der Waals surface area contributed by atoms with E-state index in [2.05, 4.69) is 79.8 Å². The van der Waals surface area contributed by atoms with Crippen LogP contribution >= 0.6 is 0 Å². The number of aliphatic carboxylic acids is 5. The van der Waals surface area contributed by atoms with E-state index in [4.69, 9.17) is 22.3 Å². The summed E-state index contributed by atoms with van der Waals surface area (Å²) in [6.07, 6.45) is -3.25. The number of guanidine groups is 2. The number of carboxylic acid groups (broad SMARTS) is 5. The summed E-state index contributed by atoms with van der Waals surface area (Å²) in [4.78, 5) is 248. The Bertz CT molecular complexity index is 3890. The molecule has 26 N–H and O–H groups in total. The minimum atomic E-state index is -1.76. The monoisotopic (exact) mass is 1700 g/mol. The maximum Gasteiger partial charge on any atom is 0.317 e. The van der Waals surface area contributed by atoms with Gasteiger partial charge in [-0.3, -0.25) is 117 Å². The minimum Gasteiger partial charge on any atom is -0.481 e. The molecule has 2 aromatic carbocycles. The molecule has 666 valence electrons. The third kappa shape index (κ3) is 40.1. The first-order chi connectivity index (χ1) is 57.6. The maximum atomic E-state index is 14.5. The quantitative estimate of drug-likeness (QED) is 0.0168. The van der Waals surface area contributed by atoms with Gasteiger partial charge in [0.1, 0.15) is 54.4 Å². The van der Waals surface area contributed by atoms with Gasteiger partial charge in [-0.15, -0.1) is 0 Å². The smallest absolute Gasteiger partial charge is 0.317 e. The average Bonchev–Trinajstić information content (AvgIpc) is 1.85. The van der Waals surface area contributed by atoms with Gasteiger partial charge in [0, 0.05) is 97.8 Å². The van der Waals surface area contributed by atoms with Gasteiger partial charge < -0.3 is 117 Å². The fourth-order valence-electron chi connectivity index (χ4n) is 13.1. The molecule has 0 aliphatic carbocycles. The molecule has 0 saturated carbocycles. The number of unbranched alkanes of at least 4 members (excludes halogenated alkanes) is 2. The molecule has 9 atom stereocenters. The highest BCUT2D eigenvalue weighted by atomic mass is 16.4. The Balaban J connectivity index is 1.41. The summed E-state index contributed by atoms with van der Waals surface area (Å²) in [5.74, 6) is -19.2. The van der Waals surface area contributed by atoms with E-state index in [1.807, 2.05) is 0 Å². The Morgan fingerprint density at radius 1 is 0.372 bits per heavy atom. The minimum absolute atomic E-state index is 0.00100. The third-order valence-electron chi connectivity index (χ3n) is 19.4. The standard InChI is InChI=1S/C75H113N23O23/c76-74(77)82-25-11-19-47-66(114)84-39-57(100)87-54(37-60(103)104)72(120)93-52(35-45-13-3-1-4-14-45)70(118)91-49(68(116)89-47)17-7-9-23-80-56(99)22-21-51(86-59(102)41-95-27-29-96(42-62(107)108)31-33-98(44-64(111)112)34-32-97(30-28-95)43-63(109)110)65(113)81-24-10-8-18-50-69(117)90-48(20-12-26-83-75(78)79)67(115)85-40-58(101)88-55(38-61(105)106)73(121)94-53(71(119)92-50)36-46-15-5-2-6-16-46/h1-6,13-16,47-55H,7-12,17-44H2,(H,80,99)(H,81,113)(H,84,114)(H,85,115)(H,86,102)(H,87,100)(H,88,101)(H,89,116)(H,90,117)(H,91,118)(H,92,119)(H,93,120)(H,94,121)(H,103,104)(H,105,106)(H,107,108)(H,109,110)(H,111,112)(H4,76,77,82)(H4,78,79,83)/t47-,48-,49-,50-,51-,52+,53+,54-,55-/m0/s1. The zero-order valence-corrected chi connectivity index (χ0v) is 67.0. The number of nitrogens with two attached hydrogens (primary N) is 2. The van der Waals surface area contributed by atoms with Crippen LogP contribution in [0.3, 0.4) is 0 Å². The van der Waals surface area contributed by atoms with Gasteiger partial charge in [-0.1, -0.05) is 60.7 Å². The fourth-order valence-corrected chi connectivity index (χ4v) is 13.1. The van der Waals surface area contributed by atoms with Crippen molar-refractivity contribution in [1.82, 2.24) is 99.4 Å². The summed E-state index contributed by atoms with van der Waals surface area (Å²) in [5, 5.41) is 102. The summed E-state index contributed by atoms with van der Waals surface area (Å²) >= 11 is 0. The molecular formula is C75H113N23O23. The first-order valence-corrected chi connectivity index (χ1v) is 39.6. The van der Waals surface area contributed by atoms with Gasteiger partial charge in [0.05, 0.1) is 52.1 Å². The van der Waals surface area contributed by atoms with Crippen LogP contribution in [0.5, 0.6) is 0 Å². The molecule has 0 radical (unpaired) electrons. The molecular weight excluding hydrogens is 1590 g/mol. The molecule has 0 unspecified atom stereocenters. The lowest BCUT2D eigenvalue weighted by molar-refractivity contribution is -0.141. The number of hydrogen-bond donors (Lipinski definition) is 24. The first kappa shape index (κ1) is 98.9. The van der Waals surface area contributed by atoms with Crippen molar-refractivity contribution in [2.24, 2.45) is 11.5 Å². The second kappa shape index (κ2) is 52.9. The number of benzene rings is 2. The van der Waals surface area contributed by atoms with Gasteiger partial charge in [-0.2, -0.15) is 0 Å². The summed E-state index contributed by atoms with van der Waals surface area (Å²) in [5.41, 5.74) is 11.9. The zero-order valence-electron chi connectivity index (χ0n) is 67.0. The lowest BCUT2D eigenvalue weighted by Gasteiger charge is -2.33. The van der Waals surface area contributed by atoms with Gasteiger partial charge in [-0.05, 0) is 81.8 Å². The van der Waals surface area contributed by atoms with Crippen LogP contribution in [0.25, 0.3) is 0 Å². The van der Waals surface area contributed by atoms with Crippen molar-refractivity contribution >= 4 is 119 Å². The Labute approximate surface area is 696 Å². The average molecular weight is 1700 g/mol. The highest BCUT2D eigenvalue weighted by Crippen LogP contribution is 2.14. The molecule has 3 aliphatic heterocycles. The molecule has 46 heteroatoms. The molecule has 5 rings (SSSR count). The van der Waals surface area contributed by atoms with E-state index in [1.54, 1.807) is 70.5 Å². The number of rotatable bonds is 39. The molecule has 121 heavy (non-hydrogen) atoms. The SMILES string of the molecule is N=C(N)NCCC[C@@H]1NC(=O)[C@H](CCCCNC(=O)CC[C@H](NC(=O)CN2CCN(CC(=O)O)CCN(CC(=O)O)CCN(CC(=O)O)CC2)C(=O)NCCCC[C@@H]2NC(=O)[C@@H](Cc3ccccc3)NC(=O)[C@H](CC(=O)O)NC(=O)CNC(=O)[C@H](CCCNC(=N)N)NC2=O)NC(=O)[C@@H](Cc2ccccc2)NC(=O)[C@H](CC(=O)O)NC(=O)CNC1=O. The molecule has 0 aromatic heterocycles. The molecule has 3 fully saturated rings. The molecule has 3 aliphatic rings. The van der Waals surface area contributed by atoms with E-state index in [9.17, 15) is 112 Å². The Hall–Kier alpha value is -12.7.